The Bertz CT molecular complexity index is 709. The molecule has 2 heterocycles. The number of allylic oxidation sites excluding steroid dienone is 2. The summed E-state index contributed by atoms with van der Waals surface area (Å²) in [5.41, 5.74) is 4.93. The Morgan fingerprint density at radius 1 is 1.35 bits per heavy atom. The molecule has 1 aliphatic rings. The molecular weight excluding hydrogens is 264 g/mol. The van der Waals surface area contributed by atoms with Gasteiger partial charge < -0.3 is 10.3 Å². The molecule has 0 amide bonds. The van der Waals surface area contributed by atoms with E-state index in [1.165, 1.54) is 22.2 Å². The second-order valence-electron chi connectivity index (χ2n) is 4.99. The van der Waals surface area contributed by atoms with Gasteiger partial charge in [0.15, 0.2) is 0 Å². The highest BCUT2D eigenvalue weighted by Gasteiger charge is 2.25. The summed E-state index contributed by atoms with van der Waals surface area (Å²) in [5.74, 6) is 0. The van der Waals surface area contributed by atoms with Crippen LogP contribution in [-0.4, -0.2) is 11.5 Å². The zero-order valence-electron chi connectivity index (χ0n) is 11.3. The van der Waals surface area contributed by atoms with Crippen molar-refractivity contribution in [1.82, 2.24) is 10.3 Å². The standard InChI is InChI=1S/C17H18N2S/c1-3-5-11(4-2)16-17-13(8-9-18-16)14-10-12(20)6-7-15(14)19-17/h3-7,10,16,18-20H,1-2,8-9H2/b11-5+. The number of rotatable bonds is 3. The Morgan fingerprint density at radius 3 is 2.95 bits per heavy atom. The van der Waals surface area contributed by atoms with E-state index in [1.807, 2.05) is 18.2 Å². The molecule has 0 saturated carbocycles. The highest BCUT2D eigenvalue weighted by Crippen LogP contribution is 2.34. The van der Waals surface area contributed by atoms with Gasteiger partial charge in [-0.25, -0.2) is 0 Å². The second kappa shape index (κ2) is 5.35. The minimum absolute atomic E-state index is 0.157. The molecule has 0 bridgehead atoms. The summed E-state index contributed by atoms with van der Waals surface area (Å²) < 4.78 is 0. The number of fused-ring (bicyclic) bond motifs is 3. The summed E-state index contributed by atoms with van der Waals surface area (Å²) in [7, 11) is 0. The first-order valence-corrected chi connectivity index (χ1v) is 7.21. The highest BCUT2D eigenvalue weighted by atomic mass is 32.1. The van der Waals surface area contributed by atoms with E-state index in [0.717, 1.165) is 23.4 Å². The van der Waals surface area contributed by atoms with Gasteiger partial charge in [-0.15, -0.1) is 12.6 Å². The fourth-order valence-electron chi connectivity index (χ4n) is 2.92. The van der Waals surface area contributed by atoms with Gasteiger partial charge in [0, 0.05) is 28.0 Å². The Balaban J connectivity index is 2.18. The first-order chi connectivity index (χ1) is 9.74. The lowest BCUT2D eigenvalue weighted by Crippen LogP contribution is -2.30. The molecule has 1 aromatic carbocycles. The Morgan fingerprint density at radius 2 is 2.20 bits per heavy atom. The van der Waals surface area contributed by atoms with Crippen LogP contribution in [0.15, 0.2) is 60.1 Å². The fraction of sp³-hybridized carbons (Fsp3) is 0.176. The van der Waals surface area contributed by atoms with Crippen LogP contribution in [0.4, 0.5) is 0 Å². The van der Waals surface area contributed by atoms with E-state index in [4.69, 9.17) is 0 Å². The fourth-order valence-corrected chi connectivity index (χ4v) is 3.12. The van der Waals surface area contributed by atoms with Gasteiger partial charge in [0.05, 0.1) is 6.04 Å². The van der Waals surface area contributed by atoms with Crippen LogP contribution in [0.1, 0.15) is 17.3 Å². The van der Waals surface area contributed by atoms with Crippen molar-refractivity contribution in [2.75, 3.05) is 6.54 Å². The van der Waals surface area contributed by atoms with Gasteiger partial charge >= 0.3 is 0 Å². The lowest BCUT2D eigenvalue weighted by atomic mass is 9.94. The number of aromatic amines is 1. The maximum atomic E-state index is 4.45. The van der Waals surface area contributed by atoms with Gasteiger partial charge in [0.1, 0.15) is 0 Å². The van der Waals surface area contributed by atoms with E-state index in [9.17, 15) is 0 Å². The van der Waals surface area contributed by atoms with E-state index in [-0.39, 0.29) is 6.04 Å². The smallest absolute Gasteiger partial charge is 0.0732 e. The second-order valence-corrected chi connectivity index (χ2v) is 5.51. The van der Waals surface area contributed by atoms with Crippen molar-refractivity contribution in [3.05, 3.63) is 66.4 Å². The number of H-pyrrole nitrogens is 1. The number of nitrogens with one attached hydrogen (secondary N) is 2. The Kier molecular flexibility index (Phi) is 3.55. The Hall–Kier alpha value is -1.71. The molecule has 1 atom stereocenters. The van der Waals surface area contributed by atoms with Crippen LogP contribution in [0.2, 0.25) is 0 Å². The maximum absolute atomic E-state index is 4.45. The van der Waals surface area contributed by atoms with Crippen LogP contribution in [0.3, 0.4) is 0 Å². The molecule has 0 saturated heterocycles. The minimum atomic E-state index is 0.157. The lowest BCUT2D eigenvalue weighted by Gasteiger charge is -2.25. The van der Waals surface area contributed by atoms with Gasteiger partial charge in [0.25, 0.3) is 0 Å². The van der Waals surface area contributed by atoms with Crippen LogP contribution < -0.4 is 5.32 Å². The summed E-state index contributed by atoms with van der Waals surface area (Å²) in [6, 6.07) is 6.41. The average molecular weight is 282 g/mol. The van der Waals surface area contributed by atoms with Gasteiger partial charge in [0.2, 0.25) is 0 Å². The van der Waals surface area contributed by atoms with Gasteiger partial charge in [-0.2, -0.15) is 0 Å². The van der Waals surface area contributed by atoms with E-state index in [2.05, 4.69) is 48.2 Å². The van der Waals surface area contributed by atoms with Crippen molar-refractivity contribution in [3.8, 4) is 0 Å². The molecule has 0 fully saturated rings. The Labute approximate surface area is 124 Å². The van der Waals surface area contributed by atoms with Crippen LogP contribution >= 0.6 is 12.6 Å². The molecule has 1 aliphatic heterocycles. The maximum Gasteiger partial charge on any atom is 0.0732 e. The van der Waals surface area contributed by atoms with Gasteiger partial charge in [-0.05, 0) is 35.8 Å². The number of aromatic nitrogens is 1. The number of thiol groups is 1. The van der Waals surface area contributed by atoms with Crippen LogP contribution in [0.5, 0.6) is 0 Å². The molecule has 102 valence electrons. The molecule has 3 heteroatoms. The summed E-state index contributed by atoms with van der Waals surface area (Å²) >= 11 is 4.45. The lowest BCUT2D eigenvalue weighted by molar-refractivity contribution is 0.559. The van der Waals surface area contributed by atoms with Crippen molar-refractivity contribution < 1.29 is 0 Å². The molecule has 2 N–H and O–H groups in total. The highest BCUT2D eigenvalue weighted by molar-refractivity contribution is 7.80. The number of hydrogen-bond acceptors (Lipinski definition) is 2. The van der Waals surface area contributed by atoms with Crippen LogP contribution in [0.25, 0.3) is 10.9 Å². The normalized spacial score (nSPS) is 18.9. The molecule has 3 rings (SSSR count). The van der Waals surface area contributed by atoms with Gasteiger partial charge in [-0.3, -0.25) is 0 Å². The molecule has 0 aliphatic carbocycles. The third kappa shape index (κ3) is 2.13. The molecule has 0 spiro atoms. The molecule has 0 radical (unpaired) electrons. The van der Waals surface area contributed by atoms with Crippen molar-refractivity contribution >= 4 is 23.5 Å². The van der Waals surface area contributed by atoms with Crippen molar-refractivity contribution in [2.45, 2.75) is 17.4 Å². The average Bonchev–Trinajstić information content (AvgIpc) is 2.83. The number of benzene rings is 1. The first-order valence-electron chi connectivity index (χ1n) is 6.76. The SMILES string of the molecule is C=C/C=C(\C=C)C1NCCc2c1[nH]c1ccc(S)cc21. The third-order valence-corrected chi connectivity index (χ3v) is 4.09. The monoisotopic (exact) mass is 282 g/mol. The van der Waals surface area contributed by atoms with Crippen molar-refractivity contribution in [2.24, 2.45) is 0 Å². The summed E-state index contributed by atoms with van der Waals surface area (Å²) in [6.45, 7) is 8.66. The molecule has 2 aromatic rings. The molecular formula is C17H18N2S. The zero-order valence-corrected chi connectivity index (χ0v) is 12.2. The number of hydrogen-bond donors (Lipinski definition) is 3. The van der Waals surface area contributed by atoms with E-state index in [0.29, 0.717) is 0 Å². The van der Waals surface area contributed by atoms with Crippen LogP contribution in [-0.2, 0) is 6.42 Å². The van der Waals surface area contributed by atoms with E-state index in [1.54, 1.807) is 6.08 Å². The zero-order chi connectivity index (χ0) is 14.1. The van der Waals surface area contributed by atoms with Crippen molar-refractivity contribution in [3.63, 3.8) is 0 Å². The predicted molar refractivity (Wildman–Crippen MR) is 88.5 cm³/mol. The van der Waals surface area contributed by atoms with Gasteiger partial charge in [-0.1, -0.05) is 31.4 Å². The first kappa shape index (κ1) is 13.3. The molecule has 2 nitrogen and oxygen atoms in total. The summed E-state index contributed by atoms with van der Waals surface area (Å²) in [6.07, 6.45) is 6.74. The quantitative estimate of drug-likeness (QED) is 0.577. The molecule has 1 aromatic heterocycles. The third-order valence-electron chi connectivity index (χ3n) is 3.81. The predicted octanol–water partition coefficient (Wildman–Crippen LogP) is 3.94. The van der Waals surface area contributed by atoms with Crippen molar-refractivity contribution in [1.29, 1.82) is 0 Å². The van der Waals surface area contributed by atoms with E-state index < -0.39 is 0 Å². The molecule has 1 unspecified atom stereocenters. The summed E-state index contributed by atoms with van der Waals surface area (Å²) in [5, 5.41) is 4.83. The van der Waals surface area contributed by atoms with E-state index >= 15 is 0 Å². The molecule has 20 heavy (non-hydrogen) atoms. The largest absolute Gasteiger partial charge is 0.357 e. The topological polar surface area (TPSA) is 27.8 Å². The minimum Gasteiger partial charge on any atom is -0.357 e. The van der Waals surface area contributed by atoms with Crippen LogP contribution in [0, 0.1) is 0 Å². The summed E-state index contributed by atoms with van der Waals surface area (Å²) in [4.78, 5) is 4.55.